The maximum atomic E-state index is 14.1. The Morgan fingerprint density at radius 2 is 1.32 bits per heavy atom. The number of hydrogen-bond donors (Lipinski definition) is 6. The molecule has 0 radical (unpaired) electrons. The molecular weight excluding hydrogens is 951 g/mol. The lowest BCUT2D eigenvalue weighted by atomic mass is 9.94. The third-order valence-electron chi connectivity index (χ3n) is 11.5. The van der Waals surface area contributed by atoms with Crippen molar-refractivity contribution in [2.75, 3.05) is 20.2 Å². The molecule has 3 aromatic carbocycles. The van der Waals surface area contributed by atoms with Crippen molar-refractivity contribution in [1.29, 1.82) is 0 Å². The minimum Gasteiger partial charge on any atom is -0.487 e. The molecule has 0 spiro atoms. The van der Waals surface area contributed by atoms with Gasteiger partial charge in [-0.25, -0.2) is 27.5 Å². The van der Waals surface area contributed by atoms with E-state index in [-0.39, 0.29) is 63.3 Å². The number of ether oxygens (including phenoxy) is 5. The van der Waals surface area contributed by atoms with Crippen molar-refractivity contribution in [1.82, 2.24) is 26.0 Å². The topological polar surface area (TPSA) is 281 Å². The summed E-state index contributed by atoms with van der Waals surface area (Å²) in [6.07, 6.45) is -0.847. The van der Waals surface area contributed by atoms with Crippen LogP contribution in [0.5, 0.6) is 5.75 Å². The fourth-order valence-corrected chi connectivity index (χ4v) is 9.32. The van der Waals surface area contributed by atoms with E-state index in [0.29, 0.717) is 41.7 Å². The lowest BCUT2D eigenvalue weighted by molar-refractivity contribution is -0.148. The van der Waals surface area contributed by atoms with Gasteiger partial charge in [-0.05, 0) is 122 Å². The summed E-state index contributed by atoms with van der Waals surface area (Å²) < 4.78 is 57.1. The monoisotopic (exact) mass is 1020 g/mol. The van der Waals surface area contributed by atoms with Gasteiger partial charge in [-0.2, -0.15) is 0 Å². The second-order valence-electron chi connectivity index (χ2n) is 19.1. The van der Waals surface area contributed by atoms with Crippen LogP contribution in [0.25, 0.3) is 0 Å². The highest BCUT2D eigenvalue weighted by Crippen LogP contribution is 2.43. The van der Waals surface area contributed by atoms with E-state index >= 15 is 0 Å². The summed E-state index contributed by atoms with van der Waals surface area (Å²) in [7, 11) is -3.11. The summed E-state index contributed by atoms with van der Waals surface area (Å²) in [6.45, 7) is 14.2. The quantitative estimate of drug-likeness (QED) is 0.0217. The van der Waals surface area contributed by atoms with E-state index in [0.717, 1.165) is 23.8 Å². The Morgan fingerprint density at radius 1 is 0.750 bits per heavy atom. The van der Waals surface area contributed by atoms with Gasteiger partial charge in [0.25, 0.3) is 10.0 Å². The van der Waals surface area contributed by atoms with Crippen LogP contribution in [0.1, 0.15) is 113 Å². The Balaban J connectivity index is 1.49. The zero-order valence-corrected chi connectivity index (χ0v) is 43.5. The summed E-state index contributed by atoms with van der Waals surface area (Å²) in [5, 5.41) is 10.5. The first-order valence-electron chi connectivity index (χ1n) is 23.9. The molecule has 0 saturated carbocycles. The normalized spacial score (nSPS) is 14.3. The highest BCUT2D eigenvalue weighted by atomic mass is 32.2. The number of methoxy groups -OCH3 is 1. The van der Waals surface area contributed by atoms with Crippen molar-refractivity contribution in [2.45, 2.75) is 154 Å². The van der Waals surface area contributed by atoms with Gasteiger partial charge in [0.15, 0.2) is 0 Å². The van der Waals surface area contributed by atoms with Crippen LogP contribution in [0.4, 0.5) is 9.59 Å². The van der Waals surface area contributed by atoms with Crippen LogP contribution in [-0.4, -0.2) is 99.8 Å². The molecule has 1 aliphatic heterocycles. The van der Waals surface area contributed by atoms with Crippen LogP contribution >= 0.6 is 0 Å². The standard InChI is InChI=1S/C51H71N7O13S/c1-32-33(2)43(34(3)37-29-51(7,8)70-42(32)37)72(65,66)58-47(52)53-28-18-24-38(44(60)56-40(46(62)67-9)25-26-41(59)68-30-35-19-12-10-13-20-35)55-45(61)39(57-49(64)71-50(4,5)6)23-16-17-27-54-48(63)69-31-36-21-14-11-15-22-36/h10-15,19-22,38-40H,16-18,23-31H2,1-9H3,(H,54,63)(H,55,61)(H,56,60)(H,57,64)(H3,52,53,58)/t38-,39-,40-/m0/s1. The number of aliphatic imine (C=N–C) groups is 1. The number of amides is 4. The molecule has 1 heterocycles. The fraction of sp³-hybridized carbons (Fsp3) is 0.510. The smallest absolute Gasteiger partial charge is 0.408 e. The lowest BCUT2D eigenvalue weighted by Gasteiger charge is -2.26. The number of benzene rings is 3. The molecule has 4 rings (SSSR count). The van der Waals surface area contributed by atoms with Gasteiger partial charge in [0.1, 0.15) is 48.3 Å². The molecule has 72 heavy (non-hydrogen) atoms. The van der Waals surface area contributed by atoms with E-state index in [1.54, 1.807) is 65.8 Å². The summed E-state index contributed by atoms with van der Waals surface area (Å²) >= 11 is 0. The molecule has 3 atom stereocenters. The second-order valence-corrected chi connectivity index (χ2v) is 20.7. The highest BCUT2D eigenvalue weighted by Gasteiger charge is 2.37. The Labute approximate surface area is 422 Å². The number of unbranched alkanes of at least 4 members (excludes halogenated alkanes) is 1. The third-order valence-corrected chi connectivity index (χ3v) is 13.1. The number of nitrogens with zero attached hydrogens (tertiary/aromatic N) is 1. The van der Waals surface area contributed by atoms with Crippen LogP contribution in [-0.2, 0) is 67.8 Å². The number of alkyl carbamates (subject to hydrolysis) is 2. The fourth-order valence-electron chi connectivity index (χ4n) is 7.80. The Hall–Kier alpha value is -6.90. The molecule has 1 aliphatic rings. The average molecular weight is 1020 g/mol. The predicted molar refractivity (Wildman–Crippen MR) is 268 cm³/mol. The number of esters is 2. The predicted octanol–water partition coefficient (Wildman–Crippen LogP) is 5.35. The van der Waals surface area contributed by atoms with E-state index in [1.165, 1.54) is 0 Å². The average Bonchev–Trinajstić information content (AvgIpc) is 3.66. The zero-order chi connectivity index (χ0) is 53.2. The van der Waals surface area contributed by atoms with Crippen molar-refractivity contribution in [3.63, 3.8) is 0 Å². The number of guanidine groups is 1. The van der Waals surface area contributed by atoms with E-state index in [4.69, 9.17) is 29.4 Å². The molecule has 3 aromatic rings. The summed E-state index contributed by atoms with van der Waals surface area (Å²) in [5.74, 6) is -2.87. The minimum absolute atomic E-state index is 0.00528. The van der Waals surface area contributed by atoms with Crippen LogP contribution in [0, 0.1) is 20.8 Å². The zero-order valence-electron chi connectivity index (χ0n) is 42.7. The molecule has 7 N–H and O–H groups in total. The number of carbonyl (C=O) groups is 6. The maximum absolute atomic E-state index is 14.1. The lowest BCUT2D eigenvalue weighted by Crippen LogP contribution is -2.56. The van der Waals surface area contributed by atoms with Gasteiger partial charge in [0, 0.05) is 31.5 Å². The van der Waals surface area contributed by atoms with Crippen molar-refractivity contribution in [3.05, 3.63) is 94.0 Å². The summed E-state index contributed by atoms with van der Waals surface area (Å²) in [5.41, 5.74) is 8.79. The van der Waals surface area contributed by atoms with Crippen LogP contribution < -0.4 is 36.5 Å². The molecule has 0 saturated heterocycles. The van der Waals surface area contributed by atoms with E-state index in [1.807, 2.05) is 50.2 Å². The van der Waals surface area contributed by atoms with Crippen LogP contribution in [0.3, 0.4) is 0 Å². The number of rotatable bonds is 24. The van der Waals surface area contributed by atoms with Crippen molar-refractivity contribution in [3.8, 4) is 5.75 Å². The Kier molecular flexibility index (Phi) is 21.2. The Morgan fingerprint density at radius 3 is 1.92 bits per heavy atom. The number of hydrogen-bond acceptors (Lipinski definition) is 14. The molecule has 394 valence electrons. The SMILES string of the molecule is COC(=O)[C@H](CCC(=O)OCc1ccccc1)NC(=O)[C@H](CCCN=C(N)NS(=O)(=O)c1c(C)c(C)c2c(c1C)CC(C)(C)O2)NC(=O)[C@H](CCCCNC(=O)OCc1ccccc1)NC(=O)OC(C)(C)C. The van der Waals surface area contributed by atoms with Crippen LogP contribution in [0.15, 0.2) is 70.6 Å². The first-order valence-corrected chi connectivity index (χ1v) is 25.3. The van der Waals surface area contributed by atoms with Crippen molar-refractivity contribution >= 4 is 51.9 Å². The molecule has 4 amide bonds. The molecule has 20 nitrogen and oxygen atoms in total. The highest BCUT2D eigenvalue weighted by molar-refractivity contribution is 7.90. The molecule has 0 aliphatic carbocycles. The number of fused-ring (bicyclic) bond motifs is 1. The summed E-state index contributed by atoms with van der Waals surface area (Å²) in [6, 6.07) is 14.1. The van der Waals surface area contributed by atoms with Gasteiger partial charge in [0.05, 0.1) is 12.0 Å². The van der Waals surface area contributed by atoms with Gasteiger partial charge in [-0.15, -0.1) is 0 Å². The largest absolute Gasteiger partial charge is 0.487 e. The van der Waals surface area contributed by atoms with Gasteiger partial charge in [-0.1, -0.05) is 60.7 Å². The molecule has 0 unspecified atom stereocenters. The van der Waals surface area contributed by atoms with Gasteiger partial charge in [-0.3, -0.25) is 19.4 Å². The molecule has 0 bridgehead atoms. The van der Waals surface area contributed by atoms with Gasteiger partial charge in [0.2, 0.25) is 17.8 Å². The first kappa shape index (κ1) is 57.7. The molecular formula is C51H71N7O13S. The van der Waals surface area contributed by atoms with E-state index in [2.05, 4.69) is 31.0 Å². The Bertz CT molecular complexity index is 2510. The molecule has 0 fully saturated rings. The third kappa shape index (κ3) is 18.4. The maximum Gasteiger partial charge on any atom is 0.408 e. The van der Waals surface area contributed by atoms with Crippen molar-refractivity contribution in [2.24, 2.45) is 10.7 Å². The minimum atomic E-state index is -4.23. The first-order chi connectivity index (χ1) is 33.9. The number of nitrogens with one attached hydrogen (secondary N) is 5. The van der Waals surface area contributed by atoms with Gasteiger partial charge >= 0.3 is 24.1 Å². The number of nitrogens with two attached hydrogens (primary N) is 1. The second kappa shape index (κ2) is 26.5. The van der Waals surface area contributed by atoms with E-state index in [9.17, 15) is 37.2 Å². The number of sulfonamides is 1. The van der Waals surface area contributed by atoms with E-state index < -0.39 is 81.2 Å². The molecule has 0 aromatic heterocycles. The van der Waals surface area contributed by atoms with Crippen molar-refractivity contribution < 1.29 is 60.9 Å². The van der Waals surface area contributed by atoms with Gasteiger partial charge < -0.3 is 50.7 Å². The van der Waals surface area contributed by atoms with Crippen LogP contribution in [0.2, 0.25) is 0 Å². The summed E-state index contributed by atoms with van der Waals surface area (Å²) in [4.78, 5) is 83.5. The molecule has 21 heteroatoms. The number of carbonyl (C=O) groups excluding carboxylic acids is 6.